The Morgan fingerprint density at radius 3 is 2.89 bits per heavy atom. The van der Waals surface area contributed by atoms with Crippen LogP contribution in [0, 0.1) is 5.82 Å². The smallest absolute Gasteiger partial charge is 0.414 e. The van der Waals surface area contributed by atoms with Crippen molar-refractivity contribution in [3.05, 3.63) is 29.6 Å². The van der Waals surface area contributed by atoms with Crippen molar-refractivity contribution in [2.45, 2.75) is 6.10 Å². The molecule has 0 saturated carbocycles. The van der Waals surface area contributed by atoms with Gasteiger partial charge in [0.2, 0.25) is 0 Å². The molecule has 1 aromatic rings. The van der Waals surface area contributed by atoms with Gasteiger partial charge < -0.3 is 10.5 Å². The summed E-state index contributed by atoms with van der Waals surface area (Å²) < 4.78 is 18.6. The van der Waals surface area contributed by atoms with E-state index in [1.54, 1.807) is 0 Å². The molecule has 0 unspecified atom stereocenters. The number of ether oxygens (including phenoxy) is 1. The second-order valence-corrected chi connectivity index (χ2v) is 3.96. The van der Waals surface area contributed by atoms with Crippen molar-refractivity contribution in [1.29, 1.82) is 0 Å². The monoisotopic (exact) mass is 269 g/mol. The van der Waals surface area contributed by atoms with Gasteiger partial charge in [-0.2, -0.15) is 0 Å². The molecule has 7 nitrogen and oxygen atoms in total. The molecule has 1 fully saturated rings. The summed E-state index contributed by atoms with van der Waals surface area (Å²) >= 11 is 0. The molecule has 0 aliphatic carbocycles. The standard InChI is InChI=1S/C11H12FN3O4/c12-9-3-6(1-2-8(9)10(16)14-18)15-5-7(4-13)19-11(15)17/h1-3,7,18H,4-5,13H2,(H,14,16)/t7-/m0/s1. The highest BCUT2D eigenvalue weighted by molar-refractivity contribution is 5.95. The average Bonchev–Trinajstić information content (AvgIpc) is 2.79. The highest BCUT2D eigenvalue weighted by atomic mass is 19.1. The van der Waals surface area contributed by atoms with E-state index in [-0.39, 0.29) is 24.3 Å². The number of cyclic esters (lactones) is 1. The number of nitrogens with zero attached hydrogens (tertiary/aromatic N) is 1. The lowest BCUT2D eigenvalue weighted by atomic mass is 10.1. The molecular weight excluding hydrogens is 257 g/mol. The fourth-order valence-electron chi connectivity index (χ4n) is 1.77. The average molecular weight is 269 g/mol. The van der Waals surface area contributed by atoms with Gasteiger partial charge in [-0.05, 0) is 18.2 Å². The summed E-state index contributed by atoms with van der Waals surface area (Å²) in [5.74, 6) is -1.82. The van der Waals surface area contributed by atoms with Crippen LogP contribution < -0.4 is 16.1 Å². The molecule has 0 spiro atoms. The molecule has 1 aromatic carbocycles. The summed E-state index contributed by atoms with van der Waals surface area (Å²) in [6, 6.07) is 3.57. The van der Waals surface area contributed by atoms with Gasteiger partial charge >= 0.3 is 6.09 Å². The molecule has 1 saturated heterocycles. The summed E-state index contributed by atoms with van der Waals surface area (Å²) in [5, 5.41) is 8.44. The second-order valence-electron chi connectivity index (χ2n) is 3.96. The van der Waals surface area contributed by atoms with E-state index in [1.165, 1.54) is 22.5 Å². The van der Waals surface area contributed by atoms with Gasteiger partial charge in [-0.15, -0.1) is 0 Å². The Kier molecular flexibility index (Phi) is 3.63. The third kappa shape index (κ3) is 2.49. The Balaban J connectivity index is 2.25. The predicted octanol–water partition coefficient (Wildman–Crippen LogP) is 0.229. The van der Waals surface area contributed by atoms with Crippen molar-refractivity contribution in [1.82, 2.24) is 5.48 Å². The van der Waals surface area contributed by atoms with Crippen LogP contribution in [0.3, 0.4) is 0 Å². The maximum atomic E-state index is 13.7. The molecular formula is C11H12FN3O4. The van der Waals surface area contributed by atoms with E-state index in [1.807, 2.05) is 0 Å². The highest BCUT2D eigenvalue weighted by Crippen LogP contribution is 2.23. The minimum Gasteiger partial charge on any atom is -0.443 e. The van der Waals surface area contributed by atoms with Crippen LogP contribution in [0.25, 0.3) is 0 Å². The van der Waals surface area contributed by atoms with Gasteiger partial charge in [0, 0.05) is 6.54 Å². The van der Waals surface area contributed by atoms with E-state index in [0.717, 1.165) is 6.07 Å². The molecule has 1 aliphatic rings. The topological polar surface area (TPSA) is 105 Å². The number of carbonyl (C=O) groups excluding carboxylic acids is 2. The number of hydrogen-bond donors (Lipinski definition) is 3. The first-order valence-electron chi connectivity index (χ1n) is 5.49. The number of hydrogen-bond acceptors (Lipinski definition) is 5. The number of carbonyl (C=O) groups is 2. The number of benzene rings is 1. The van der Waals surface area contributed by atoms with Crippen LogP contribution in [-0.4, -0.2) is 36.4 Å². The van der Waals surface area contributed by atoms with Crippen molar-refractivity contribution in [3.63, 3.8) is 0 Å². The maximum absolute atomic E-state index is 13.7. The fraction of sp³-hybridized carbons (Fsp3) is 0.273. The van der Waals surface area contributed by atoms with Gasteiger partial charge in [0.1, 0.15) is 11.9 Å². The fourth-order valence-corrected chi connectivity index (χ4v) is 1.77. The molecule has 0 aromatic heterocycles. The zero-order valence-electron chi connectivity index (χ0n) is 9.80. The SMILES string of the molecule is NC[C@H]1CN(c2ccc(C(=O)NO)c(F)c2)C(=O)O1. The second kappa shape index (κ2) is 5.21. The summed E-state index contributed by atoms with van der Waals surface area (Å²) in [4.78, 5) is 23.9. The van der Waals surface area contributed by atoms with E-state index >= 15 is 0 Å². The maximum Gasteiger partial charge on any atom is 0.414 e. The van der Waals surface area contributed by atoms with Crippen LogP contribution in [0.1, 0.15) is 10.4 Å². The lowest BCUT2D eigenvalue weighted by Gasteiger charge is -2.13. The van der Waals surface area contributed by atoms with E-state index in [9.17, 15) is 14.0 Å². The summed E-state index contributed by atoms with van der Waals surface area (Å²) in [6.07, 6.45) is -1.05. The molecule has 102 valence electrons. The van der Waals surface area contributed by atoms with Crippen molar-refractivity contribution < 1.29 is 23.9 Å². The van der Waals surface area contributed by atoms with E-state index in [2.05, 4.69) is 0 Å². The molecule has 19 heavy (non-hydrogen) atoms. The molecule has 4 N–H and O–H groups in total. The van der Waals surface area contributed by atoms with Gasteiger partial charge in [0.15, 0.2) is 0 Å². The zero-order valence-corrected chi connectivity index (χ0v) is 9.80. The van der Waals surface area contributed by atoms with Crippen LogP contribution in [-0.2, 0) is 4.74 Å². The van der Waals surface area contributed by atoms with Gasteiger partial charge in [-0.25, -0.2) is 14.7 Å². The minimum absolute atomic E-state index is 0.176. The van der Waals surface area contributed by atoms with Crippen LogP contribution in [0.2, 0.25) is 0 Å². The number of rotatable bonds is 3. The van der Waals surface area contributed by atoms with Gasteiger partial charge in [-0.3, -0.25) is 14.9 Å². The number of nitrogens with two attached hydrogens (primary N) is 1. The molecule has 2 rings (SSSR count). The Morgan fingerprint density at radius 1 is 1.63 bits per heavy atom. The third-order valence-corrected chi connectivity index (χ3v) is 2.75. The Bertz CT molecular complexity index is 523. The lowest BCUT2D eigenvalue weighted by Crippen LogP contribution is -2.27. The van der Waals surface area contributed by atoms with Crippen LogP contribution in [0.5, 0.6) is 0 Å². The van der Waals surface area contributed by atoms with Crippen molar-refractivity contribution >= 4 is 17.7 Å². The highest BCUT2D eigenvalue weighted by Gasteiger charge is 2.31. The van der Waals surface area contributed by atoms with Crippen molar-refractivity contribution in [3.8, 4) is 0 Å². The third-order valence-electron chi connectivity index (χ3n) is 2.75. The van der Waals surface area contributed by atoms with Crippen LogP contribution in [0.4, 0.5) is 14.9 Å². The van der Waals surface area contributed by atoms with E-state index in [4.69, 9.17) is 15.7 Å². The van der Waals surface area contributed by atoms with Gasteiger partial charge in [-0.1, -0.05) is 0 Å². The van der Waals surface area contributed by atoms with Crippen molar-refractivity contribution in [2.75, 3.05) is 18.0 Å². The van der Waals surface area contributed by atoms with E-state index < -0.39 is 23.9 Å². The number of nitrogens with one attached hydrogen (secondary N) is 1. The zero-order chi connectivity index (χ0) is 14.0. The van der Waals surface area contributed by atoms with Crippen LogP contribution >= 0.6 is 0 Å². The normalized spacial score (nSPS) is 18.4. The first-order chi connectivity index (χ1) is 9.06. The van der Waals surface area contributed by atoms with Gasteiger partial charge in [0.25, 0.3) is 5.91 Å². The molecule has 1 heterocycles. The Hall–Kier alpha value is -2.19. The largest absolute Gasteiger partial charge is 0.443 e. The lowest BCUT2D eigenvalue weighted by molar-refractivity contribution is 0.0702. The number of anilines is 1. The first kappa shape index (κ1) is 13.2. The molecule has 1 aliphatic heterocycles. The summed E-state index contributed by atoms with van der Waals surface area (Å²) in [6.45, 7) is 0.399. The number of amides is 2. The van der Waals surface area contributed by atoms with Crippen molar-refractivity contribution in [2.24, 2.45) is 5.73 Å². The molecule has 1 atom stereocenters. The number of hydroxylamine groups is 1. The molecule has 0 bridgehead atoms. The number of halogens is 1. The first-order valence-corrected chi connectivity index (χ1v) is 5.49. The van der Waals surface area contributed by atoms with Crippen LogP contribution in [0.15, 0.2) is 18.2 Å². The van der Waals surface area contributed by atoms with E-state index in [0.29, 0.717) is 0 Å². The summed E-state index contributed by atoms with van der Waals surface area (Å²) in [7, 11) is 0. The quantitative estimate of drug-likeness (QED) is 0.538. The van der Waals surface area contributed by atoms with Gasteiger partial charge in [0.05, 0.1) is 17.8 Å². The summed E-state index contributed by atoms with van der Waals surface area (Å²) in [5.41, 5.74) is 6.66. The Morgan fingerprint density at radius 2 is 2.37 bits per heavy atom. The minimum atomic E-state index is -0.965. The predicted molar refractivity (Wildman–Crippen MR) is 62.3 cm³/mol. The molecule has 0 radical (unpaired) electrons. The molecule has 2 amide bonds. The Labute approximate surface area is 107 Å². The molecule has 8 heteroatoms.